The van der Waals surface area contributed by atoms with E-state index in [1.165, 1.54) is 35.3 Å². The molecule has 4 rings (SSSR count). The summed E-state index contributed by atoms with van der Waals surface area (Å²) >= 11 is 1.62. The number of aryl methyl sites for hydroxylation is 1. The van der Waals surface area contributed by atoms with Crippen molar-refractivity contribution in [3.63, 3.8) is 0 Å². The average Bonchev–Trinajstić information content (AvgIpc) is 3.17. The fourth-order valence-corrected chi connectivity index (χ4v) is 5.21. The molecule has 1 aromatic heterocycles. The van der Waals surface area contributed by atoms with Gasteiger partial charge < -0.3 is 10.0 Å². The van der Waals surface area contributed by atoms with Crippen LogP contribution in [-0.4, -0.2) is 28.8 Å². The highest BCUT2D eigenvalue weighted by Crippen LogP contribution is 2.45. The van der Waals surface area contributed by atoms with Gasteiger partial charge in [-0.2, -0.15) is 5.26 Å². The lowest BCUT2D eigenvalue weighted by Gasteiger charge is -2.51. The number of aliphatic hydroxyl groups excluding tert-OH is 1. The number of hydrogen-bond donors (Lipinski definition) is 1. The van der Waals surface area contributed by atoms with Gasteiger partial charge in [0.2, 0.25) is 0 Å². The number of nitriles is 1. The zero-order valence-corrected chi connectivity index (χ0v) is 16.5. The van der Waals surface area contributed by atoms with Crippen LogP contribution in [0.1, 0.15) is 54.5 Å². The van der Waals surface area contributed by atoms with Gasteiger partial charge in [-0.05, 0) is 48.8 Å². The molecule has 0 saturated carbocycles. The highest BCUT2D eigenvalue weighted by atomic mass is 32.1. The largest absolute Gasteiger partial charge is 0.394 e. The number of allylic oxidation sites excluding steroid dienone is 2. The normalized spacial score (nSPS) is 24.9. The van der Waals surface area contributed by atoms with E-state index in [4.69, 9.17) is 0 Å². The van der Waals surface area contributed by atoms with Gasteiger partial charge in [0.15, 0.2) is 5.13 Å². The van der Waals surface area contributed by atoms with Gasteiger partial charge in [-0.15, -0.1) is 11.3 Å². The third-order valence-electron chi connectivity index (χ3n) is 5.80. The fraction of sp³-hybridized carbons (Fsp3) is 0.455. The lowest BCUT2D eigenvalue weighted by molar-refractivity contribution is 0.187. The minimum Gasteiger partial charge on any atom is -0.394 e. The summed E-state index contributed by atoms with van der Waals surface area (Å²) in [6.45, 7) is 2.13. The lowest BCUT2D eigenvalue weighted by Crippen LogP contribution is -2.63. The van der Waals surface area contributed by atoms with Crippen LogP contribution >= 0.6 is 11.3 Å². The van der Waals surface area contributed by atoms with E-state index in [9.17, 15) is 10.4 Å². The second kappa shape index (κ2) is 7.84. The van der Waals surface area contributed by atoms with E-state index >= 15 is 0 Å². The Balaban J connectivity index is 1.57. The van der Waals surface area contributed by atoms with Crippen LogP contribution in [0, 0.1) is 11.3 Å². The summed E-state index contributed by atoms with van der Waals surface area (Å²) < 4.78 is 0. The molecule has 0 spiro atoms. The summed E-state index contributed by atoms with van der Waals surface area (Å²) in [7, 11) is 0. The van der Waals surface area contributed by atoms with Crippen molar-refractivity contribution in [2.24, 2.45) is 0 Å². The molecule has 2 heterocycles. The number of anilines is 1. The lowest BCUT2D eigenvalue weighted by atomic mass is 9.76. The standard InChI is InChI=1S/C22H25N3OS/c1-2-18-13-24-22(27-18)25-19(12-23)21(20(25)14-26)17-10-8-16(9-11-17)15-6-4-3-5-7-15/h6,8-11,13,19-21,26H,2-5,7,14H2,1H3/t19-,20-,21+/m0/s1. The van der Waals surface area contributed by atoms with E-state index in [1.54, 1.807) is 11.3 Å². The molecule has 1 aromatic carbocycles. The molecular formula is C22H25N3OS. The van der Waals surface area contributed by atoms with E-state index in [0.29, 0.717) is 0 Å². The number of rotatable bonds is 5. The Hall–Kier alpha value is -2.16. The Morgan fingerprint density at radius 1 is 1.30 bits per heavy atom. The number of benzene rings is 1. The summed E-state index contributed by atoms with van der Waals surface area (Å²) in [5.74, 6) is 0.0170. The molecule has 0 radical (unpaired) electrons. The van der Waals surface area contributed by atoms with Crippen molar-refractivity contribution in [1.82, 2.24) is 4.98 Å². The molecule has 0 bridgehead atoms. The maximum Gasteiger partial charge on any atom is 0.186 e. The smallest absolute Gasteiger partial charge is 0.186 e. The highest BCUT2D eigenvalue weighted by molar-refractivity contribution is 7.15. The molecule has 0 amide bonds. The molecule has 5 heteroatoms. The molecule has 0 unspecified atom stereocenters. The van der Waals surface area contributed by atoms with Gasteiger partial charge in [0.05, 0.1) is 18.7 Å². The SMILES string of the molecule is CCc1cnc(N2[C@@H](C#N)[C@@H](c3ccc(C4=CCCCC4)cc3)[C@@H]2CO)s1. The first kappa shape index (κ1) is 18.2. The second-order valence-corrected chi connectivity index (χ2v) is 8.41. The van der Waals surface area contributed by atoms with E-state index in [2.05, 4.69) is 48.3 Å². The van der Waals surface area contributed by atoms with Crippen molar-refractivity contribution in [2.45, 2.75) is 57.0 Å². The fourth-order valence-electron chi connectivity index (χ4n) is 4.27. The summed E-state index contributed by atoms with van der Waals surface area (Å²) in [6.07, 6.45) is 10.0. The van der Waals surface area contributed by atoms with Crippen molar-refractivity contribution in [2.75, 3.05) is 11.5 Å². The molecule has 1 fully saturated rings. The van der Waals surface area contributed by atoms with Crippen molar-refractivity contribution in [3.8, 4) is 6.07 Å². The number of hydrogen-bond acceptors (Lipinski definition) is 5. The molecular weight excluding hydrogens is 354 g/mol. The Labute approximate surface area is 164 Å². The van der Waals surface area contributed by atoms with Crippen molar-refractivity contribution >= 4 is 22.0 Å². The number of aliphatic hydroxyl groups is 1. The van der Waals surface area contributed by atoms with E-state index in [1.807, 2.05) is 11.1 Å². The first-order valence-electron chi connectivity index (χ1n) is 9.79. The van der Waals surface area contributed by atoms with Crippen LogP contribution in [0.5, 0.6) is 0 Å². The summed E-state index contributed by atoms with van der Waals surface area (Å²) in [6, 6.07) is 10.7. The van der Waals surface area contributed by atoms with Crippen LogP contribution in [0.2, 0.25) is 0 Å². The molecule has 2 aliphatic rings. The van der Waals surface area contributed by atoms with Crippen molar-refractivity contribution in [1.29, 1.82) is 5.26 Å². The minimum atomic E-state index is -0.280. The maximum absolute atomic E-state index is 10.0. The third kappa shape index (κ3) is 3.28. The summed E-state index contributed by atoms with van der Waals surface area (Å²) in [5, 5.41) is 20.6. The topological polar surface area (TPSA) is 60.2 Å². The Morgan fingerprint density at radius 3 is 2.70 bits per heavy atom. The maximum atomic E-state index is 10.0. The first-order valence-corrected chi connectivity index (χ1v) is 10.6. The second-order valence-electron chi connectivity index (χ2n) is 7.32. The summed E-state index contributed by atoms with van der Waals surface area (Å²) in [4.78, 5) is 7.68. The molecule has 1 saturated heterocycles. The zero-order valence-electron chi connectivity index (χ0n) is 15.6. The molecule has 1 aliphatic heterocycles. The Morgan fingerprint density at radius 2 is 2.11 bits per heavy atom. The van der Waals surface area contributed by atoms with Crippen molar-refractivity contribution in [3.05, 3.63) is 52.5 Å². The van der Waals surface area contributed by atoms with Gasteiger partial charge in [-0.1, -0.05) is 37.3 Å². The monoisotopic (exact) mass is 379 g/mol. The van der Waals surface area contributed by atoms with Crippen LogP contribution in [0.3, 0.4) is 0 Å². The average molecular weight is 380 g/mol. The van der Waals surface area contributed by atoms with Crippen LogP contribution < -0.4 is 4.90 Å². The van der Waals surface area contributed by atoms with E-state index < -0.39 is 0 Å². The van der Waals surface area contributed by atoms with Gasteiger partial charge in [0, 0.05) is 17.0 Å². The number of aromatic nitrogens is 1. The first-order chi connectivity index (χ1) is 13.3. The molecule has 1 aliphatic carbocycles. The molecule has 140 valence electrons. The quantitative estimate of drug-likeness (QED) is 0.830. The molecule has 4 nitrogen and oxygen atoms in total. The van der Waals surface area contributed by atoms with Crippen LogP contribution in [-0.2, 0) is 6.42 Å². The number of nitrogens with zero attached hydrogens (tertiary/aromatic N) is 3. The van der Waals surface area contributed by atoms with Crippen molar-refractivity contribution < 1.29 is 5.11 Å². The van der Waals surface area contributed by atoms with Gasteiger partial charge in [-0.25, -0.2) is 4.98 Å². The van der Waals surface area contributed by atoms with Crippen LogP contribution in [0.25, 0.3) is 5.57 Å². The van der Waals surface area contributed by atoms with E-state index in [0.717, 1.165) is 23.5 Å². The summed E-state index contributed by atoms with van der Waals surface area (Å²) in [5.41, 5.74) is 3.86. The minimum absolute atomic E-state index is 0.0170. The molecule has 3 atom stereocenters. The van der Waals surface area contributed by atoms with E-state index in [-0.39, 0.29) is 24.6 Å². The van der Waals surface area contributed by atoms with Gasteiger partial charge in [-0.3, -0.25) is 0 Å². The van der Waals surface area contributed by atoms with Crippen LogP contribution in [0.15, 0.2) is 36.5 Å². The van der Waals surface area contributed by atoms with Crippen LogP contribution in [0.4, 0.5) is 5.13 Å². The molecule has 27 heavy (non-hydrogen) atoms. The Bertz CT molecular complexity index is 864. The molecule has 2 aromatic rings. The highest BCUT2D eigenvalue weighted by Gasteiger charge is 2.50. The Kier molecular flexibility index (Phi) is 5.29. The number of thiazole rings is 1. The third-order valence-corrected chi connectivity index (χ3v) is 6.95. The van der Waals surface area contributed by atoms with Gasteiger partial charge >= 0.3 is 0 Å². The predicted molar refractivity (Wildman–Crippen MR) is 110 cm³/mol. The predicted octanol–water partition coefficient (Wildman–Crippen LogP) is 4.52. The van der Waals surface area contributed by atoms with Gasteiger partial charge in [0.25, 0.3) is 0 Å². The van der Waals surface area contributed by atoms with Gasteiger partial charge in [0.1, 0.15) is 6.04 Å². The zero-order chi connectivity index (χ0) is 18.8. The molecule has 1 N–H and O–H groups in total.